The van der Waals surface area contributed by atoms with Crippen molar-refractivity contribution in [2.45, 2.75) is 50.5 Å². The van der Waals surface area contributed by atoms with Crippen LogP contribution in [0.1, 0.15) is 25.7 Å². The van der Waals surface area contributed by atoms with Gasteiger partial charge in [0.05, 0.1) is 24.9 Å². The average molecular weight is 454 g/mol. The smallest absolute Gasteiger partial charge is 0.415 e. The van der Waals surface area contributed by atoms with E-state index in [0.717, 1.165) is 18.4 Å². The van der Waals surface area contributed by atoms with Crippen molar-refractivity contribution in [3.63, 3.8) is 0 Å². The van der Waals surface area contributed by atoms with Gasteiger partial charge < -0.3 is 9.84 Å². The van der Waals surface area contributed by atoms with Crippen LogP contribution in [0.5, 0.6) is 0 Å². The second kappa shape index (κ2) is 8.90. The fourth-order valence-electron chi connectivity index (χ4n) is 4.85. The maximum atomic E-state index is 13.5. The molecule has 2 aliphatic rings. The highest BCUT2D eigenvalue weighted by molar-refractivity contribution is 5.90. The van der Waals surface area contributed by atoms with E-state index in [-0.39, 0.29) is 29.7 Å². The zero-order valence-electron chi connectivity index (χ0n) is 17.8. The maximum Gasteiger partial charge on any atom is 0.415 e. The van der Waals surface area contributed by atoms with E-state index >= 15 is 0 Å². The molecule has 3 aromatic rings. The van der Waals surface area contributed by atoms with Crippen LogP contribution in [0.3, 0.4) is 0 Å². The van der Waals surface area contributed by atoms with Crippen LogP contribution in [0.4, 0.5) is 19.3 Å². The molecule has 1 saturated heterocycles. The molecule has 1 saturated carbocycles. The first-order valence-electron chi connectivity index (χ1n) is 11.1. The molecule has 172 valence electrons. The fourth-order valence-corrected chi connectivity index (χ4v) is 4.85. The molecular weight excluding hydrogens is 430 g/mol. The molecule has 2 unspecified atom stereocenters. The van der Waals surface area contributed by atoms with Crippen LogP contribution in [-0.4, -0.2) is 44.4 Å². The molecule has 2 fully saturated rings. The number of benzene rings is 2. The van der Waals surface area contributed by atoms with E-state index < -0.39 is 12.2 Å². The lowest BCUT2D eigenvalue weighted by Gasteiger charge is -2.35. The number of ether oxygens (including phenoxy) is 1. The Labute approximate surface area is 189 Å². The molecule has 33 heavy (non-hydrogen) atoms. The van der Waals surface area contributed by atoms with E-state index in [1.165, 1.54) is 24.3 Å². The number of aromatic nitrogens is 3. The van der Waals surface area contributed by atoms with Crippen LogP contribution in [-0.2, 0) is 11.3 Å². The molecule has 5 rings (SSSR count). The van der Waals surface area contributed by atoms with E-state index in [1.807, 2.05) is 0 Å². The minimum absolute atomic E-state index is 0.120. The fraction of sp³-hybridized carbons (Fsp3) is 0.375. The lowest BCUT2D eigenvalue weighted by molar-refractivity contribution is 0.0728. The molecule has 1 aromatic heterocycles. The van der Waals surface area contributed by atoms with Gasteiger partial charge in [-0.3, -0.25) is 4.90 Å². The third-order valence-corrected chi connectivity index (χ3v) is 6.50. The zero-order chi connectivity index (χ0) is 22.9. The van der Waals surface area contributed by atoms with Crippen molar-refractivity contribution in [2.24, 2.45) is 5.92 Å². The van der Waals surface area contributed by atoms with Crippen LogP contribution in [0.25, 0.3) is 11.3 Å². The van der Waals surface area contributed by atoms with Gasteiger partial charge in [-0.1, -0.05) is 5.21 Å². The van der Waals surface area contributed by atoms with E-state index in [0.29, 0.717) is 30.8 Å². The van der Waals surface area contributed by atoms with Gasteiger partial charge >= 0.3 is 6.09 Å². The van der Waals surface area contributed by atoms with Gasteiger partial charge in [-0.15, -0.1) is 5.10 Å². The van der Waals surface area contributed by atoms with Gasteiger partial charge in [-0.05, 0) is 80.1 Å². The van der Waals surface area contributed by atoms with Crippen LogP contribution in [0, 0.1) is 17.6 Å². The summed E-state index contributed by atoms with van der Waals surface area (Å²) in [6.45, 7) is 0.293. The van der Waals surface area contributed by atoms with Gasteiger partial charge in [0, 0.05) is 11.3 Å². The lowest BCUT2D eigenvalue weighted by atomic mass is 9.80. The van der Waals surface area contributed by atoms with E-state index in [9.17, 15) is 18.7 Å². The highest BCUT2D eigenvalue weighted by Gasteiger charge is 2.47. The molecule has 1 aliphatic carbocycles. The van der Waals surface area contributed by atoms with E-state index in [2.05, 4.69) is 10.3 Å². The molecule has 0 spiro atoms. The van der Waals surface area contributed by atoms with Crippen molar-refractivity contribution < 1.29 is 23.4 Å². The van der Waals surface area contributed by atoms with Crippen molar-refractivity contribution in [3.8, 4) is 11.3 Å². The topological polar surface area (TPSA) is 80.5 Å². The zero-order valence-corrected chi connectivity index (χ0v) is 17.8. The number of rotatable bonds is 5. The summed E-state index contributed by atoms with van der Waals surface area (Å²) < 4.78 is 34.1. The summed E-state index contributed by atoms with van der Waals surface area (Å²) >= 11 is 0. The normalized spacial score (nSPS) is 25.3. The van der Waals surface area contributed by atoms with Crippen LogP contribution in [0.2, 0.25) is 0 Å². The summed E-state index contributed by atoms with van der Waals surface area (Å²) in [5.41, 5.74) is 1.90. The SMILES string of the molecule is O=C1OC(Cn2cc(-c3ccc(F)cc3)nn2)C(C2CCC(O)CC2)N1c1ccc(F)cc1. The Morgan fingerprint density at radius 1 is 0.970 bits per heavy atom. The molecule has 2 atom stereocenters. The molecular formula is C24H24F2N4O3. The standard InChI is InChI=1S/C24H24F2N4O3/c25-17-5-1-15(2-6-17)21-13-29(28-27-21)14-22-23(16-3-11-20(31)12-4-16)30(24(32)33-22)19-9-7-18(26)8-10-19/h1-2,5-10,13,16,20,22-23,31H,3-4,11-12,14H2. The predicted octanol–water partition coefficient (Wildman–Crippen LogP) is 4.17. The molecule has 1 aliphatic heterocycles. The minimum Gasteiger partial charge on any atom is -0.442 e. The third-order valence-electron chi connectivity index (χ3n) is 6.50. The summed E-state index contributed by atoms with van der Waals surface area (Å²) in [4.78, 5) is 14.5. The van der Waals surface area contributed by atoms with Crippen LogP contribution in [0.15, 0.2) is 54.7 Å². The number of halogens is 2. The first kappa shape index (κ1) is 21.5. The predicted molar refractivity (Wildman–Crippen MR) is 116 cm³/mol. The maximum absolute atomic E-state index is 13.5. The Balaban J connectivity index is 1.41. The first-order chi connectivity index (χ1) is 16.0. The Morgan fingerprint density at radius 3 is 2.27 bits per heavy atom. The second-order valence-electron chi connectivity index (χ2n) is 8.66. The number of hydrogen-bond donors (Lipinski definition) is 1. The molecule has 0 radical (unpaired) electrons. The lowest BCUT2D eigenvalue weighted by Crippen LogP contribution is -2.45. The molecule has 1 amide bonds. The van der Waals surface area contributed by atoms with Gasteiger partial charge in [0.1, 0.15) is 23.4 Å². The number of cyclic esters (lactones) is 1. The number of amides is 1. The number of aliphatic hydroxyl groups is 1. The quantitative estimate of drug-likeness (QED) is 0.626. The molecule has 1 N–H and O–H groups in total. The molecule has 2 heterocycles. The summed E-state index contributed by atoms with van der Waals surface area (Å²) in [5.74, 6) is -0.587. The first-order valence-corrected chi connectivity index (χ1v) is 11.1. The number of nitrogens with zero attached hydrogens (tertiary/aromatic N) is 4. The third kappa shape index (κ3) is 4.45. The Hall–Kier alpha value is -3.33. The van der Waals surface area contributed by atoms with E-state index in [4.69, 9.17) is 4.74 Å². The summed E-state index contributed by atoms with van der Waals surface area (Å²) in [6, 6.07) is 11.5. The van der Waals surface area contributed by atoms with Crippen LogP contribution >= 0.6 is 0 Å². The number of carbonyl (C=O) groups excluding carboxylic acids is 1. The summed E-state index contributed by atoms with van der Waals surface area (Å²) in [7, 11) is 0. The molecule has 2 aromatic carbocycles. The van der Waals surface area contributed by atoms with Crippen molar-refractivity contribution >= 4 is 11.8 Å². The van der Waals surface area contributed by atoms with Gasteiger partial charge in [0.15, 0.2) is 0 Å². The summed E-state index contributed by atoms with van der Waals surface area (Å²) in [6.07, 6.45) is 3.28. The van der Waals surface area contributed by atoms with Crippen molar-refractivity contribution in [1.29, 1.82) is 0 Å². The van der Waals surface area contributed by atoms with Crippen molar-refractivity contribution in [1.82, 2.24) is 15.0 Å². The number of carbonyl (C=O) groups is 1. The van der Waals surface area contributed by atoms with Gasteiger partial charge in [-0.2, -0.15) is 0 Å². The van der Waals surface area contributed by atoms with Crippen molar-refractivity contribution in [3.05, 3.63) is 66.4 Å². The summed E-state index contributed by atoms with van der Waals surface area (Å²) in [5, 5.41) is 18.3. The van der Waals surface area contributed by atoms with Crippen molar-refractivity contribution in [2.75, 3.05) is 4.90 Å². The monoisotopic (exact) mass is 454 g/mol. The number of aliphatic hydroxyl groups excluding tert-OH is 1. The number of hydrogen-bond acceptors (Lipinski definition) is 5. The number of anilines is 1. The Morgan fingerprint density at radius 2 is 1.61 bits per heavy atom. The largest absolute Gasteiger partial charge is 0.442 e. The Kier molecular flexibility index (Phi) is 5.80. The highest BCUT2D eigenvalue weighted by Crippen LogP contribution is 2.38. The second-order valence-corrected chi connectivity index (χ2v) is 8.66. The minimum atomic E-state index is -0.495. The van der Waals surface area contributed by atoms with E-state index in [1.54, 1.807) is 40.0 Å². The van der Waals surface area contributed by atoms with Gasteiger partial charge in [0.25, 0.3) is 0 Å². The molecule has 7 nitrogen and oxygen atoms in total. The van der Waals surface area contributed by atoms with Gasteiger partial charge in [-0.25, -0.2) is 18.3 Å². The molecule has 0 bridgehead atoms. The van der Waals surface area contributed by atoms with Gasteiger partial charge in [0.2, 0.25) is 0 Å². The average Bonchev–Trinajstić information content (AvgIpc) is 3.40. The van der Waals surface area contributed by atoms with Crippen LogP contribution < -0.4 is 4.90 Å². The highest BCUT2D eigenvalue weighted by atomic mass is 19.1. The Bertz CT molecular complexity index is 1110. The molecule has 9 heteroatoms.